The molecule has 0 heterocycles. The highest BCUT2D eigenvalue weighted by Gasteiger charge is 2.13. The van der Waals surface area contributed by atoms with Crippen molar-refractivity contribution in [2.24, 2.45) is 0 Å². The number of ether oxygens (including phenoxy) is 1. The molecule has 0 saturated heterocycles. The van der Waals surface area contributed by atoms with Crippen molar-refractivity contribution in [1.29, 1.82) is 0 Å². The average molecular weight is 289 g/mol. The highest BCUT2D eigenvalue weighted by molar-refractivity contribution is 7.90. The van der Waals surface area contributed by atoms with E-state index in [1.165, 1.54) is 12.1 Å². The molecule has 0 aliphatic heterocycles. The maximum Gasteiger partial charge on any atom is 0.175 e. The number of halogens is 1. The first-order valence-electron chi connectivity index (χ1n) is 6.27. The molecule has 108 valence electrons. The van der Waals surface area contributed by atoms with Crippen LogP contribution in [0.3, 0.4) is 0 Å². The maximum absolute atomic E-state index is 13.4. The molecule has 0 aromatic heterocycles. The van der Waals surface area contributed by atoms with Gasteiger partial charge in [-0.3, -0.25) is 5.32 Å². The van der Waals surface area contributed by atoms with Crippen LogP contribution in [0.15, 0.2) is 23.1 Å². The smallest absolute Gasteiger partial charge is 0.175 e. The molecule has 1 aromatic carbocycles. The van der Waals surface area contributed by atoms with Crippen molar-refractivity contribution < 1.29 is 17.5 Å². The van der Waals surface area contributed by atoms with Crippen LogP contribution >= 0.6 is 0 Å². The fraction of sp³-hybridized carbons (Fsp3) is 0.538. The quantitative estimate of drug-likeness (QED) is 0.783. The Morgan fingerprint density at radius 1 is 1.32 bits per heavy atom. The summed E-state index contributed by atoms with van der Waals surface area (Å²) in [6.07, 6.45) is 2.44. The van der Waals surface area contributed by atoms with Crippen molar-refractivity contribution >= 4 is 9.84 Å². The summed E-state index contributed by atoms with van der Waals surface area (Å²) in [5.74, 6) is -0.404. The average Bonchev–Trinajstić information content (AvgIpc) is 2.32. The van der Waals surface area contributed by atoms with E-state index in [9.17, 15) is 12.8 Å². The summed E-state index contributed by atoms with van der Waals surface area (Å²) < 4.78 is 41.8. The van der Waals surface area contributed by atoms with E-state index in [1.54, 1.807) is 0 Å². The molecular weight excluding hydrogens is 269 g/mol. The standard InChI is InChI=1S/C13H20FNO3S/c1-4-6-15-13(5-2)18-11-7-10(14)8-12(9-11)19(3,16)17/h7-9,13,15H,4-6H2,1-3H3. The van der Waals surface area contributed by atoms with Gasteiger partial charge >= 0.3 is 0 Å². The van der Waals surface area contributed by atoms with Gasteiger partial charge in [0.15, 0.2) is 9.84 Å². The topological polar surface area (TPSA) is 55.4 Å². The molecule has 0 amide bonds. The highest BCUT2D eigenvalue weighted by Crippen LogP contribution is 2.21. The van der Waals surface area contributed by atoms with E-state index in [-0.39, 0.29) is 16.9 Å². The van der Waals surface area contributed by atoms with Gasteiger partial charge in [-0.1, -0.05) is 13.8 Å². The first-order chi connectivity index (χ1) is 8.86. The highest BCUT2D eigenvalue weighted by atomic mass is 32.2. The Labute approximate surface area is 113 Å². The van der Waals surface area contributed by atoms with Crippen LogP contribution in [0, 0.1) is 5.82 Å². The zero-order chi connectivity index (χ0) is 14.5. The molecule has 0 aliphatic rings. The number of benzene rings is 1. The molecular formula is C13H20FNO3S. The molecule has 19 heavy (non-hydrogen) atoms. The van der Waals surface area contributed by atoms with Crippen molar-refractivity contribution in [2.75, 3.05) is 12.8 Å². The van der Waals surface area contributed by atoms with Gasteiger partial charge in [-0.05, 0) is 31.5 Å². The fourth-order valence-electron chi connectivity index (χ4n) is 1.56. The lowest BCUT2D eigenvalue weighted by Gasteiger charge is -2.19. The summed E-state index contributed by atoms with van der Waals surface area (Å²) in [6, 6.07) is 3.52. The van der Waals surface area contributed by atoms with Gasteiger partial charge in [0.25, 0.3) is 0 Å². The third-order valence-corrected chi connectivity index (χ3v) is 3.64. The lowest BCUT2D eigenvalue weighted by Crippen LogP contribution is -2.34. The minimum atomic E-state index is -3.45. The van der Waals surface area contributed by atoms with E-state index in [0.29, 0.717) is 6.42 Å². The number of sulfone groups is 1. The molecule has 1 N–H and O–H groups in total. The molecule has 1 rings (SSSR count). The summed E-state index contributed by atoms with van der Waals surface area (Å²) >= 11 is 0. The Morgan fingerprint density at radius 2 is 2.00 bits per heavy atom. The van der Waals surface area contributed by atoms with E-state index in [4.69, 9.17) is 4.74 Å². The van der Waals surface area contributed by atoms with Crippen molar-refractivity contribution in [3.63, 3.8) is 0 Å². The van der Waals surface area contributed by atoms with Gasteiger partial charge in [-0.25, -0.2) is 12.8 Å². The Hall–Kier alpha value is -1.14. The van der Waals surface area contributed by atoms with Gasteiger partial charge in [0.05, 0.1) is 4.90 Å². The Bertz CT molecular complexity index is 517. The third-order valence-electron chi connectivity index (χ3n) is 2.54. The Balaban J connectivity index is 2.91. The summed E-state index contributed by atoms with van der Waals surface area (Å²) in [6.45, 7) is 4.75. The first-order valence-corrected chi connectivity index (χ1v) is 8.16. The molecule has 1 atom stereocenters. The van der Waals surface area contributed by atoms with E-state index in [1.807, 2.05) is 13.8 Å². The van der Waals surface area contributed by atoms with Gasteiger partial charge < -0.3 is 4.74 Å². The molecule has 1 unspecified atom stereocenters. The summed E-state index contributed by atoms with van der Waals surface area (Å²) in [5, 5.41) is 3.15. The predicted molar refractivity (Wildman–Crippen MR) is 72.5 cm³/mol. The second-order valence-corrected chi connectivity index (χ2v) is 6.38. The number of hydrogen-bond donors (Lipinski definition) is 1. The molecule has 0 aliphatic carbocycles. The largest absolute Gasteiger partial charge is 0.475 e. The second-order valence-electron chi connectivity index (χ2n) is 4.36. The maximum atomic E-state index is 13.4. The second kappa shape index (κ2) is 6.86. The lowest BCUT2D eigenvalue weighted by atomic mass is 10.3. The van der Waals surface area contributed by atoms with Crippen molar-refractivity contribution in [3.05, 3.63) is 24.0 Å². The molecule has 0 bridgehead atoms. The van der Waals surface area contributed by atoms with Crippen molar-refractivity contribution in [1.82, 2.24) is 5.32 Å². The first kappa shape index (κ1) is 15.9. The molecule has 0 saturated carbocycles. The van der Waals surface area contributed by atoms with Gasteiger partial charge in [-0.15, -0.1) is 0 Å². The van der Waals surface area contributed by atoms with Crippen LogP contribution in [-0.2, 0) is 9.84 Å². The number of nitrogens with one attached hydrogen (secondary N) is 1. The minimum absolute atomic E-state index is 0.0761. The molecule has 0 radical (unpaired) electrons. The zero-order valence-electron chi connectivity index (χ0n) is 11.4. The summed E-state index contributed by atoms with van der Waals surface area (Å²) in [5.41, 5.74) is 0. The Kier molecular flexibility index (Phi) is 5.75. The van der Waals surface area contributed by atoms with Crippen LogP contribution in [0.5, 0.6) is 5.75 Å². The number of hydrogen-bond acceptors (Lipinski definition) is 4. The van der Waals surface area contributed by atoms with Crippen LogP contribution in [0.2, 0.25) is 0 Å². The van der Waals surface area contributed by atoms with E-state index >= 15 is 0 Å². The molecule has 4 nitrogen and oxygen atoms in total. The summed E-state index contributed by atoms with van der Waals surface area (Å²) in [4.78, 5) is -0.0761. The monoisotopic (exact) mass is 289 g/mol. The normalized spacial score (nSPS) is 13.3. The van der Waals surface area contributed by atoms with Crippen LogP contribution in [0.25, 0.3) is 0 Å². The van der Waals surface area contributed by atoms with Crippen LogP contribution in [0.4, 0.5) is 4.39 Å². The SMILES string of the molecule is CCCNC(CC)Oc1cc(F)cc(S(C)(=O)=O)c1. The number of rotatable bonds is 7. The fourth-order valence-corrected chi connectivity index (χ4v) is 2.21. The predicted octanol–water partition coefficient (Wildman–Crippen LogP) is 2.34. The van der Waals surface area contributed by atoms with Gasteiger partial charge in [-0.2, -0.15) is 0 Å². The van der Waals surface area contributed by atoms with E-state index < -0.39 is 15.7 Å². The van der Waals surface area contributed by atoms with Crippen LogP contribution in [0.1, 0.15) is 26.7 Å². The van der Waals surface area contributed by atoms with Crippen molar-refractivity contribution in [2.45, 2.75) is 37.8 Å². The van der Waals surface area contributed by atoms with Gasteiger partial charge in [0, 0.05) is 12.3 Å². The van der Waals surface area contributed by atoms with Crippen LogP contribution < -0.4 is 10.1 Å². The van der Waals surface area contributed by atoms with Crippen molar-refractivity contribution in [3.8, 4) is 5.75 Å². The molecule has 6 heteroatoms. The minimum Gasteiger partial charge on any atom is -0.475 e. The Morgan fingerprint density at radius 3 is 2.53 bits per heavy atom. The van der Waals surface area contributed by atoms with E-state index in [0.717, 1.165) is 25.3 Å². The zero-order valence-corrected chi connectivity index (χ0v) is 12.3. The van der Waals surface area contributed by atoms with Gasteiger partial charge in [0.1, 0.15) is 17.8 Å². The van der Waals surface area contributed by atoms with E-state index in [2.05, 4.69) is 5.32 Å². The lowest BCUT2D eigenvalue weighted by molar-refractivity contribution is 0.159. The molecule has 1 aromatic rings. The third kappa shape index (κ3) is 5.16. The molecule has 0 fully saturated rings. The molecule has 0 spiro atoms. The summed E-state index contributed by atoms with van der Waals surface area (Å²) in [7, 11) is -3.45. The van der Waals surface area contributed by atoms with Crippen LogP contribution in [-0.4, -0.2) is 27.4 Å². The van der Waals surface area contributed by atoms with Gasteiger partial charge in [0.2, 0.25) is 0 Å².